The fourth-order valence-corrected chi connectivity index (χ4v) is 3.14. The van der Waals surface area contributed by atoms with Crippen molar-refractivity contribution in [1.82, 2.24) is 0 Å². The Bertz CT molecular complexity index is 940. The van der Waals surface area contributed by atoms with Gasteiger partial charge in [-0.3, -0.25) is 0 Å². The van der Waals surface area contributed by atoms with Gasteiger partial charge >= 0.3 is 0 Å². The molecule has 0 aliphatic carbocycles. The summed E-state index contributed by atoms with van der Waals surface area (Å²) >= 11 is 6.50. The van der Waals surface area contributed by atoms with Gasteiger partial charge in [-0.1, -0.05) is 78.3 Å². The average molecular weight is 289 g/mol. The van der Waals surface area contributed by atoms with Crippen molar-refractivity contribution in [2.75, 3.05) is 0 Å². The first-order valence-corrected chi connectivity index (χ1v) is 7.37. The maximum Gasteiger partial charge on any atom is 0.0491 e. The molecule has 0 aliphatic rings. The number of benzene rings is 4. The van der Waals surface area contributed by atoms with Gasteiger partial charge in [0.1, 0.15) is 0 Å². The molecule has 0 saturated heterocycles. The maximum absolute atomic E-state index is 6.50. The minimum Gasteiger partial charge on any atom is -0.0836 e. The van der Waals surface area contributed by atoms with Crippen LogP contribution in [0.1, 0.15) is 0 Å². The van der Waals surface area contributed by atoms with Crippen LogP contribution in [0.3, 0.4) is 0 Å². The highest BCUT2D eigenvalue weighted by atomic mass is 35.5. The molecule has 0 heterocycles. The van der Waals surface area contributed by atoms with Crippen molar-refractivity contribution >= 4 is 33.1 Å². The molecule has 0 saturated carbocycles. The lowest BCUT2D eigenvalue weighted by molar-refractivity contribution is 1.65. The van der Waals surface area contributed by atoms with E-state index in [1.165, 1.54) is 27.3 Å². The van der Waals surface area contributed by atoms with Gasteiger partial charge in [0.05, 0.1) is 0 Å². The van der Waals surface area contributed by atoms with Gasteiger partial charge in [0, 0.05) is 10.4 Å². The molecule has 100 valence electrons. The summed E-state index contributed by atoms with van der Waals surface area (Å²) in [5, 5.41) is 5.55. The molecule has 0 fully saturated rings. The fraction of sp³-hybridized carbons (Fsp3) is 0. The smallest absolute Gasteiger partial charge is 0.0491 e. The van der Waals surface area contributed by atoms with Gasteiger partial charge in [-0.05, 0) is 39.4 Å². The van der Waals surface area contributed by atoms with Crippen molar-refractivity contribution in [3.8, 4) is 11.1 Å². The summed E-state index contributed by atoms with van der Waals surface area (Å²) in [6.07, 6.45) is 0. The van der Waals surface area contributed by atoms with Gasteiger partial charge in [0.25, 0.3) is 0 Å². The van der Waals surface area contributed by atoms with Crippen molar-refractivity contribution in [3.63, 3.8) is 0 Å². The molecule has 21 heavy (non-hydrogen) atoms. The second kappa shape index (κ2) is 4.91. The van der Waals surface area contributed by atoms with Crippen LogP contribution in [0.25, 0.3) is 32.7 Å². The summed E-state index contributed by atoms with van der Waals surface area (Å²) in [5.41, 5.74) is 2.41. The van der Waals surface area contributed by atoms with Crippen molar-refractivity contribution in [2.24, 2.45) is 0 Å². The number of hydrogen-bond acceptors (Lipinski definition) is 0. The Morgan fingerprint density at radius 1 is 0.524 bits per heavy atom. The molecular formula is C20H13Cl. The molecule has 0 atom stereocenters. The molecular weight excluding hydrogens is 276 g/mol. The lowest BCUT2D eigenvalue weighted by atomic mass is 9.97. The van der Waals surface area contributed by atoms with E-state index in [2.05, 4.69) is 60.7 Å². The molecule has 0 N–H and O–H groups in total. The molecule has 0 aliphatic heterocycles. The third kappa shape index (κ3) is 2.09. The van der Waals surface area contributed by atoms with E-state index >= 15 is 0 Å². The zero-order valence-electron chi connectivity index (χ0n) is 11.4. The standard InChI is InChI=1S/C20H13Cl/c21-20-13-16-8-4-5-9-17(16)18-11-10-15(12-19(18)20)14-6-2-1-3-7-14/h1-13H. The van der Waals surface area contributed by atoms with Crippen LogP contribution in [-0.4, -0.2) is 0 Å². The molecule has 4 aromatic carbocycles. The highest BCUT2D eigenvalue weighted by Gasteiger charge is 2.06. The van der Waals surface area contributed by atoms with Crippen LogP contribution >= 0.6 is 11.6 Å². The summed E-state index contributed by atoms with van der Waals surface area (Å²) in [6.45, 7) is 0. The van der Waals surface area contributed by atoms with Gasteiger partial charge in [0.15, 0.2) is 0 Å². The Morgan fingerprint density at radius 3 is 2.14 bits per heavy atom. The molecule has 0 radical (unpaired) electrons. The first-order chi connectivity index (χ1) is 10.3. The van der Waals surface area contributed by atoms with Crippen LogP contribution in [0.4, 0.5) is 0 Å². The zero-order valence-corrected chi connectivity index (χ0v) is 12.1. The second-order valence-corrected chi connectivity index (χ2v) is 5.61. The fourth-order valence-electron chi connectivity index (χ4n) is 2.87. The monoisotopic (exact) mass is 288 g/mol. The Kier molecular flexibility index (Phi) is 2.90. The summed E-state index contributed by atoms with van der Waals surface area (Å²) in [7, 11) is 0. The lowest BCUT2D eigenvalue weighted by Crippen LogP contribution is -1.82. The average Bonchev–Trinajstić information content (AvgIpc) is 2.55. The summed E-state index contributed by atoms with van der Waals surface area (Å²) in [5.74, 6) is 0. The summed E-state index contributed by atoms with van der Waals surface area (Å²) in [6, 6.07) is 27.3. The van der Waals surface area contributed by atoms with E-state index in [4.69, 9.17) is 11.6 Å². The Hall–Kier alpha value is -2.31. The summed E-state index contributed by atoms with van der Waals surface area (Å²) in [4.78, 5) is 0. The Balaban J connectivity index is 2.05. The molecule has 4 aromatic rings. The van der Waals surface area contributed by atoms with Gasteiger partial charge in [-0.15, -0.1) is 0 Å². The van der Waals surface area contributed by atoms with Crippen LogP contribution in [0.5, 0.6) is 0 Å². The third-order valence-electron chi connectivity index (χ3n) is 3.92. The molecule has 0 unspecified atom stereocenters. The van der Waals surface area contributed by atoms with Gasteiger partial charge in [0.2, 0.25) is 0 Å². The third-order valence-corrected chi connectivity index (χ3v) is 4.23. The summed E-state index contributed by atoms with van der Waals surface area (Å²) < 4.78 is 0. The largest absolute Gasteiger partial charge is 0.0836 e. The first-order valence-electron chi connectivity index (χ1n) is 6.99. The van der Waals surface area contributed by atoms with Gasteiger partial charge in [-0.25, -0.2) is 0 Å². The van der Waals surface area contributed by atoms with E-state index in [1.54, 1.807) is 0 Å². The van der Waals surface area contributed by atoms with E-state index in [9.17, 15) is 0 Å². The predicted molar refractivity (Wildman–Crippen MR) is 91.9 cm³/mol. The first kappa shape index (κ1) is 12.4. The topological polar surface area (TPSA) is 0 Å². The number of rotatable bonds is 1. The van der Waals surface area contributed by atoms with E-state index in [1.807, 2.05) is 18.2 Å². The normalized spacial score (nSPS) is 11.1. The number of hydrogen-bond donors (Lipinski definition) is 0. The number of fused-ring (bicyclic) bond motifs is 3. The molecule has 0 nitrogen and oxygen atoms in total. The van der Waals surface area contributed by atoms with Crippen LogP contribution in [0, 0.1) is 0 Å². The van der Waals surface area contributed by atoms with Crippen LogP contribution in [-0.2, 0) is 0 Å². The van der Waals surface area contributed by atoms with Crippen LogP contribution < -0.4 is 0 Å². The van der Waals surface area contributed by atoms with Crippen molar-refractivity contribution in [2.45, 2.75) is 0 Å². The van der Waals surface area contributed by atoms with Gasteiger partial charge in [-0.2, -0.15) is 0 Å². The minimum atomic E-state index is 0.807. The zero-order chi connectivity index (χ0) is 14.2. The lowest BCUT2D eigenvalue weighted by Gasteiger charge is -2.09. The van der Waals surface area contributed by atoms with Crippen molar-refractivity contribution in [1.29, 1.82) is 0 Å². The minimum absolute atomic E-state index is 0.807. The van der Waals surface area contributed by atoms with E-state index in [-0.39, 0.29) is 0 Å². The van der Waals surface area contributed by atoms with Crippen molar-refractivity contribution in [3.05, 3.63) is 83.9 Å². The van der Waals surface area contributed by atoms with E-state index in [0.717, 1.165) is 10.4 Å². The van der Waals surface area contributed by atoms with Crippen LogP contribution in [0.2, 0.25) is 5.02 Å². The van der Waals surface area contributed by atoms with Crippen LogP contribution in [0.15, 0.2) is 78.9 Å². The SMILES string of the molecule is Clc1cc2ccccc2c2ccc(-c3ccccc3)cc12. The van der Waals surface area contributed by atoms with Crippen molar-refractivity contribution < 1.29 is 0 Å². The highest BCUT2D eigenvalue weighted by Crippen LogP contribution is 2.34. The molecule has 1 heteroatoms. The Morgan fingerprint density at radius 2 is 1.29 bits per heavy atom. The Labute approximate surface area is 128 Å². The maximum atomic E-state index is 6.50. The molecule has 0 amide bonds. The quantitative estimate of drug-likeness (QED) is 0.360. The highest BCUT2D eigenvalue weighted by molar-refractivity contribution is 6.37. The number of halogens is 1. The van der Waals surface area contributed by atoms with E-state index < -0.39 is 0 Å². The molecule has 4 rings (SSSR count). The molecule has 0 bridgehead atoms. The van der Waals surface area contributed by atoms with E-state index in [0.29, 0.717) is 0 Å². The van der Waals surface area contributed by atoms with Gasteiger partial charge < -0.3 is 0 Å². The molecule has 0 aromatic heterocycles. The predicted octanol–water partition coefficient (Wildman–Crippen LogP) is 6.31. The second-order valence-electron chi connectivity index (χ2n) is 5.21. The molecule has 0 spiro atoms.